The molecule has 0 aromatic carbocycles. The highest BCUT2D eigenvalue weighted by molar-refractivity contribution is 5.67. The lowest BCUT2D eigenvalue weighted by atomic mass is 10.1. The number of likely N-dealkylation sites (N-methyl/N-ethyl adjacent to an activating group) is 1. The monoisotopic (exact) mass is 264 g/mol. The second-order valence-corrected chi connectivity index (χ2v) is 4.52. The van der Waals surface area contributed by atoms with Gasteiger partial charge in [0.1, 0.15) is 0 Å². The lowest BCUT2D eigenvalue weighted by molar-refractivity contribution is -0.883. The van der Waals surface area contributed by atoms with Crippen molar-refractivity contribution in [3.63, 3.8) is 0 Å². The fourth-order valence-electron chi connectivity index (χ4n) is 1.32. The molecule has 0 aliphatic rings. The maximum absolute atomic E-state index is 12.5. The van der Waals surface area contributed by atoms with Crippen molar-refractivity contribution in [2.75, 3.05) is 27.2 Å². The number of rotatable bonds is 6. The Hall–Kier alpha value is -0.920. The van der Waals surface area contributed by atoms with Crippen molar-refractivity contribution in [2.45, 2.75) is 24.9 Å². The van der Waals surface area contributed by atoms with Crippen LogP contribution in [0.4, 0.5) is 22.0 Å². The van der Waals surface area contributed by atoms with E-state index in [1.165, 1.54) is 14.1 Å². The zero-order chi connectivity index (χ0) is 13.9. The average molecular weight is 264 g/mol. The third kappa shape index (κ3) is 5.81. The molecule has 0 saturated heterocycles. The van der Waals surface area contributed by atoms with Crippen LogP contribution in [0.3, 0.4) is 0 Å². The van der Waals surface area contributed by atoms with Crippen LogP contribution in [0, 0.1) is 0 Å². The molecule has 0 amide bonds. The van der Waals surface area contributed by atoms with Crippen molar-refractivity contribution >= 4 is 5.97 Å². The van der Waals surface area contributed by atoms with Crippen LogP contribution in [0.2, 0.25) is 0 Å². The van der Waals surface area contributed by atoms with Crippen molar-refractivity contribution in [3.05, 3.63) is 0 Å². The number of halogens is 5. The lowest BCUT2D eigenvalue weighted by Crippen LogP contribution is -2.45. The summed E-state index contributed by atoms with van der Waals surface area (Å²) < 4.78 is 60.3. The van der Waals surface area contributed by atoms with Gasteiger partial charge in [0.2, 0.25) is 0 Å². The highest BCUT2D eigenvalue weighted by Gasteiger charge is 2.56. The molecule has 1 N–H and O–H groups in total. The smallest absolute Gasteiger partial charge is 0.453 e. The number of hydrogen-bond donors (Lipinski definition) is 1. The first-order valence-corrected chi connectivity index (χ1v) is 4.86. The first-order chi connectivity index (χ1) is 7.37. The number of quaternary nitrogens is 1. The summed E-state index contributed by atoms with van der Waals surface area (Å²) in [4.78, 5) is 10.4. The zero-order valence-corrected chi connectivity index (χ0v) is 9.52. The minimum atomic E-state index is -5.54. The van der Waals surface area contributed by atoms with Crippen molar-refractivity contribution < 1.29 is 36.3 Å². The largest absolute Gasteiger partial charge is 0.477 e. The number of carbonyl (C=O) groups is 1. The molecule has 0 fully saturated rings. The molecule has 0 atom stereocenters. The standard InChI is InChI=1S/C9H14F5NO2/c1-15(2,6-7(16)17)5-3-4-8(10,11)9(12,13)14/h3-6H2,1-2H3/p+1. The van der Waals surface area contributed by atoms with Crippen LogP contribution in [-0.4, -0.2) is 54.8 Å². The van der Waals surface area contributed by atoms with Crippen LogP contribution in [0.5, 0.6) is 0 Å². The molecular formula is C9H15F5NO2+. The summed E-state index contributed by atoms with van der Waals surface area (Å²) in [6.07, 6.45) is -7.26. The molecule has 3 nitrogen and oxygen atoms in total. The zero-order valence-electron chi connectivity index (χ0n) is 9.52. The number of nitrogens with zero attached hydrogens (tertiary/aromatic N) is 1. The van der Waals surface area contributed by atoms with E-state index in [0.717, 1.165) is 0 Å². The molecule has 0 aromatic rings. The number of alkyl halides is 5. The van der Waals surface area contributed by atoms with E-state index >= 15 is 0 Å². The molecule has 0 unspecified atom stereocenters. The molecule has 0 rings (SSSR count). The Labute approximate surface area is 95.4 Å². The van der Waals surface area contributed by atoms with E-state index in [1.807, 2.05) is 0 Å². The summed E-state index contributed by atoms with van der Waals surface area (Å²) in [6.45, 7) is -0.379. The molecule has 0 aliphatic carbocycles. The van der Waals surface area contributed by atoms with Gasteiger partial charge in [-0.2, -0.15) is 22.0 Å². The maximum atomic E-state index is 12.5. The lowest BCUT2D eigenvalue weighted by Gasteiger charge is -2.28. The maximum Gasteiger partial charge on any atom is 0.453 e. The molecule has 0 aliphatic heterocycles. The summed E-state index contributed by atoms with van der Waals surface area (Å²) in [7, 11) is 2.92. The van der Waals surface area contributed by atoms with E-state index in [4.69, 9.17) is 5.11 Å². The minimum Gasteiger partial charge on any atom is -0.477 e. The molecule has 17 heavy (non-hydrogen) atoms. The Morgan fingerprint density at radius 1 is 1.18 bits per heavy atom. The Morgan fingerprint density at radius 3 is 2.00 bits per heavy atom. The third-order valence-corrected chi connectivity index (χ3v) is 2.23. The normalized spacial score (nSPS) is 13.8. The van der Waals surface area contributed by atoms with Gasteiger partial charge in [-0.05, 0) is 0 Å². The van der Waals surface area contributed by atoms with Crippen LogP contribution < -0.4 is 0 Å². The summed E-state index contributed by atoms with van der Waals surface area (Å²) in [5, 5.41) is 8.49. The van der Waals surface area contributed by atoms with Gasteiger partial charge in [0, 0.05) is 12.8 Å². The van der Waals surface area contributed by atoms with Crippen molar-refractivity contribution in [1.29, 1.82) is 0 Å². The Balaban J connectivity index is 4.20. The molecule has 0 bridgehead atoms. The second-order valence-electron chi connectivity index (χ2n) is 4.52. The van der Waals surface area contributed by atoms with E-state index in [-0.39, 0.29) is 17.6 Å². The van der Waals surface area contributed by atoms with Gasteiger partial charge < -0.3 is 9.59 Å². The van der Waals surface area contributed by atoms with Crippen LogP contribution in [0.25, 0.3) is 0 Å². The molecule has 102 valence electrons. The minimum absolute atomic E-state index is 0.0576. The van der Waals surface area contributed by atoms with E-state index < -0.39 is 30.9 Å². The molecule has 8 heteroatoms. The average Bonchev–Trinajstić information content (AvgIpc) is 1.97. The first kappa shape index (κ1) is 16.1. The van der Waals surface area contributed by atoms with Crippen molar-refractivity contribution in [2.24, 2.45) is 0 Å². The molecule has 0 radical (unpaired) electrons. The van der Waals surface area contributed by atoms with Crippen LogP contribution in [0.1, 0.15) is 12.8 Å². The number of carboxylic acid groups (broad SMARTS) is 1. The van der Waals surface area contributed by atoms with Gasteiger partial charge in [0.15, 0.2) is 6.54 Å². The molecule has 0 saturated carbocycles. The molecule has 0 spiro atoms. The predicted octanol–water partition coefficient (Wildman–Crippen LogP) is 2.13. The van der Waals surface area contributed by atoms with Gasteiger partial charge in [-0.3, -0.25) is 0 Å². The summed E-state index contributed by atoms with van der Waals surface area (Å²) in [5.41, 5.74) is 0. The summed E-state index contributed by atoms with van der Waals surface area (Å²) in [6, 6.07) is 0. The van der Waals surface area contributed by atoms with E-state index in [9.17, 15) is 26.7 Å². The first-order valence-electron chi connectivity index (χ1n) is 4.86. The summed E-state index contributed by atoms with van der Waals surface area (Å²) in [5.74, 6) is -5.84. The highest BCUT2D eigenvalue weighted by Crippen LogP contribution is 2.38. The van der Waals surface area contributed by atoms with Gasteiger partial charge in [-0.25, -0.2) is 4.79 Å². The number of carboxylic acids is 1. The van der Waals surface area contributed by atoms with E-state index in [1.54, 1.807) is 0 Å². The van der Waals surface area contributed by atoms with E-state index in [0.29, 0.717) is 0 Å². The number of aliphatic carboxylic acids is 1. The van der Waals surface area contributed by atoms with E-state index in [2.05, 4.69) is 0 Å². The fourth-order valence-corrected chi connectivity index (χ4v) is 1.32. The Morgan fingerprint density at radius 2 is 1.65 bits per heavy atom. The third-order valence-electron chi connectivity index (χ3n) is 2.23. The quantitative estimate of drug-likeness (QED) is 0.589. The second kappa shape index (κ2) is 5.16. The Kier molecular flexibility index (Phi) is 4.88. The SMILES string of the molecule is C[N+](C)(CCCC(F)(F)C(F)(F)F)CC(=O)O. The molecular weight excluding hydrogens is 249 g/mol. The van der Waals surface area contributed by atoms with Gasteiger partial charge in [0.05, 0.1) is 20.6 Å². The van der Waals surface area contributed by atoms with Gasteiger partial charge >= 0.3 is 18.1 Å². The van der Waals surface area contributed by atoms with Gasteiger partial charge in [-0.15, -0.1) is 0 Å². The van der Waals surface area contributed by atoms with Gasteiger partial charge in [-0.1, -0.05) is 0 Å². The molecule has 0 aromatic heterocycles. The summed E-state index contributed by atoms with van der Waals surface area (Å²) >= 11 is 0. The highest BCUT2D eigenvalue weighted by atomic mass is 19.4. The van der Waals surface area contributed by atoms with Crippen molar-refractivity contribution in [3.8, 4) is 0 Å². The van der Waals surface area contributed by atoms with Gasteiger partial charge in [0.25, 0.3) is 0 Å². The van der Waals surface area contributed by atoms with Crippen molar-refractivity contribution in [1.82, 2.24) is 0 Å². The fraction of sp³-hybridized carbons (Fsp3) is 0.889. The topological polar surface area (TPSA) is 37.3 Å². The predicted molar refractivity (Wildman–Crippen MR) is 49.7 cm³/mol. The van der Waals surface area contributed by atoms with Crippen LogP contribution >= 0.6 is 0 Å². The molecule has 0 heterocycles. The Bertz CT molecular complexity index is 275. The van der Waals surface area contributed by atoms with Crippen LogP contribution in [0.15, 0.2) is 0 Å². The van der Waals surface area contributed by atoms with Crippen LogP contribution in [-0.2, 0) is 4.79 Å². The number of hydrogen-bond acceptors (Lipinski definition) is 1.